The highest BCUT2D eigenvalue weighted by Gasteiger charge is 2.23. The summed E-state index contributed by atoms with van der Waals surface area (Å²) >= 11 is 0. The monoisotopic (exact) mass is 375 g/mol. The van der Waals surface area contributed by atoms with Crippen molar-refractivity contribution in [1.82, 2.24) is 19.7 Å². The number of hydrogen-bond donors (Lipinski definition) is 1. The van der Waals surface area contributed by atoms with E-state index in [-0.39, 0.29) is 11.8 Å². The van der Waals surface area contributed by atoms with Crippen LogP contribution in [0, 0.1) is 0 Å². The summed E-state index contributed by atoms with van der Waals surface area (Å²) in [5.74, 6) is 0.760. The first kappa shape index (κ1) is 19.6. The number of nitrogens with zero attached hydrogens (tertiary/aromatic N) is 4. The summed E-state index contributed by atoms with van der Waals surface area (Å²) < 4.78 is 5.00. The summed E-state index contributed by atoms with van der Waals surface area (Å²) in [6.07, 6.45) is 4.30. The molecule has 1 N–H and O–H groups in total. The number of amides is 2. The first-order valence-corrected chi connectivity index (χ1v) is 9.66. The van der Waals surface area contributed by atoms with Crippen molar-refractivity contribution in [2.75, 3.05) is 64.8 Å². The number of hydrogen-bond acceptors (Lipinski definition) is 6. The highest BCUT2D eigenvalue weighted by atomic mass is 16.5. The first-order chi connectivity index (χ1) is 13.1. The summed E-state index contributed by atoms with van der Waals surface area (Å²) in [6, 6.07) is 3.50. The molecule has 8 heteroatoms. The fourth-order valence-corrected chi connectivity index (χ4v) is 3.49. The van der Waals surface area contributed by atoms with Gasteiger partial charge in [0.1, 0.15) is 0 Å². The van der Waals surface area contributed by atoms with Crippen LogP contribution in [0.3, 0.4) is 0 Å². The van der Waals surface area contributed by atoms with Gasteiger partial charge in [-0.15, -0.1) is 0 Å². The lowest BCUT2D eigenvalue weighted by Gasteiger charge is -2.34. The third-order valence-electron chi connectivity index (χ3n) is 5.17. The van der Waals surface area contributed by atoms with Gasteiger partial charge in [0.05, 0.1) is 25.5 Å². The van der Waals surface area contributed by atoms with Gasteiger partial charge in [-0.3, -0.25) is 14.5 Å². The van der Waals surface area contributed by atoms with E-state index in [4.69, 9.17) is 4.74 Å². The minimum Gasteiger partial charge on any atom is -0.481 e. The number of piperazine rings is 1. The number of pyridine rings is 1. The number of likely N-dealkylation sites (tertiary alicyclic amines) is 1. The van der Waals surface area contributed by atoms with E-state index in [9.17, 15) is 9.59 Å². The van der Waals surface area contributed by atoms with Crippen molar-refractivity contribution < 1.29 is 14.3 Å². The quantitative estimate of drug-likeness (QED) is 0.754. The molecule has 0 aromatic carbocycles. The summed E-state index contributed by atoms with van der Waals surface area (Å²) in [5, 5.41) is 2.85. The third kappa shape index (κ3) is 5.90. The van der Waals surface area contributed by atoms with Crippen molar-refractivity contribution >= 4 is 17.5 Å². The predicted molar refractivity (Wildman–Crippen MR) is 103 cm³/mol. The molecule has 0 radical (unpaired) electrons. The first-order valence-electron chi connectivity index (χ1n) is 9.66. The second-order valence-electron chi connectivity index (χ2n) is 7.09. The zero-order valence-electron chi connectivity index (χ0n) is 16.0. The Balaban J connectivity index is 1.32. The van der Waals surface area contributed by atoms with E-state index in [0.717, 1.165) is 58.7 Å². The number of anilines is 1. The second-order valence-corrected chi connectivity index (χ2v) is 7.09. The number of methoxy groups -OCH3 is 1. The van der Waals surface area contributed by atoms with Crippen molar-refractivity contribution in [3.63, 3.8) is 0 Å². The van der Waals surface area contributed by atoms with E-state index in [1.54, 1.807) is 25.4 Å². The Bertz CT molecular complexity index is 623. The molecule has 3 heterocycles. The summed E-state index contributed by atoms with van der Waals surface area (Å²) in [7, 11) is 1.56. The number of nitrogens with one attached hydrogen (secondary N) is 1. The van der Waals surface area contributed by atoms with Gasteiger partial charge in [-0.2, -0.15) is 0 Å². The molecule has 1 aromatic rings. The van der Waals surface area contributed by atoms with Crippen LogP contribution in [0.1, 0.15) is 19.3 Å². The van der Waals surface area contributed by atoms with E-state index in [1.165, 1.54) is 0 Å². The average molecular weight is 375 g/mol. The minimum atomic E-state index is -0.0198. The van der Waals surface area contributed by atoms with Crippen LogP contribution < -0.4 is 10.1 Å². The normalized spacial score (nSPS) is 18.5. The molecule has 148 valence electrons. The number of carbonyl (C=O) groups is 2. The molecule has 3 rings (SSSR count). The Morgan fingerprint density at radius 3 is 2.41 bits per heavy atom. The Morgan fingerprint density at radius 2 is 1.78 bits per heavy atom. The van der Waals surface area contributed by atoms with E-state index in [2.05, 4.69) is 20.1 Å². The van der Waals surface area contributed by atoms with Crippen molar-refractivity contribution in [2.24, 2.45) is 0 Å². The second kappa shape index (κ2) is 9.66. The third-order valence-corrected chi connectivity index (χ3v) is 5.17. The number of carbonyl (C=O) groups excluding carboxylic acids is 2. The van der Waals surface area contributed by atoms with Crippen LogP contribution in [-0.2, 0) is 9.59 Å². The smallest absolute Gasteiger partial charge is 0.236 e. The van der Waals surface area contributed by atoms with E-state index in [0.29, 0.717) is 24.5 Å². The standard InChI is InChI=1S/C19H29N5O3/c1-27-18-5-4-16(14-20-18)21-17(25)6-9-22-10-12-23(13-11-22)15-19(26)24-7-2-3-8-24/h4-5,14H,2-3,6-13,15H2,1H3,(H,21,25). The largest absolute Gasteiger partial charge is 0.481 e. The molecule has 0 spiro atoms. The minimum absolute atomic E-state index is 0.0198. The van der Waals surface area contributed by atoms with Gasteiger partial charge in [-0.1, -0.05) is 0 Å². The molecule has 0 atom stereocenters. The lowest BCUT2D eigenvalue weighted by atomic mass is 10.2. The van der Waals surface area contributed by atoms with Crippen LogP contribution in [0.2, 0.25) is 0 Å². The number of ether oxygens (including phenoxy) is 1. The van der Waals surface area contributed by atoms with Gasteiger partial charge in [0.2, 0.25) is 17.7 Å². The molecule has 0 saturated carbocycles. The highest BCUT2D eigenvalue weighted by molar-refractivity contribution is 5.90. The topological polar surface area (TPSA) is 78.0 Å². The van der Waals surface area contributed by atoms with Crippen LogP contribution in [0.15, 0.2) is 18.3 Å². The fraction of sp³-hybridized carbons (Fsp3) is 0.632. The van der Waals surface area contributed by atoms with Crippen molar-refractivity contribution in [3.05, 3.63) is 18.3 Å². The van der Waals surface area contributed by atoms with Crippen LogP contribution >= 0.6 is 0 Å². The maximum Gasteiger partial charge on any atom is 0.236 e. The molecule has 27 heavy (non-hydrogen) atoms. The summed E-state index contributed by atoms with van der Waals surface area (Å²) in [5.41, 5.74) is 0.672. The molecule has 0 unspecified atom stereocenters. The zero-order valence-corrected chi connectivity index (χ0v) is 16.0. The Kier molecular flexibility index (Phi) is 7.00. The number of aromatic nitrogens is 1. The molecule has 2 amide bonds. The Morgan fingerprint density at radius 1 is 1.07 bits per heavy atom. The van der Waals surface area contributed by atoms with Crippen molar-refractivity contribution in [2.45, 2.75) is 19.3 Å². The molecule has 2 aliphatic heterocycles. The molecule has 0 bridgehead atoms. The van der Waals surface area contributed by atoms with Gasteiger partial charge in [0.15, 0.2) is 0 Å². The molecule has 1 aromatic heterocycles. The zero-order chi connectivity index (χ0) is 19.1. The average Bonchev–Trinajstić information content (AvgIpc) is 3.23. The van der Waals surface area contributed by atoms with Gasteiger partial charge in [0, 0.05) is 58.3 Å². The molecule has 2 fully saturated rings. The Labute approximate surface area is 160 Å². The SMILES string of the molecule is COc1ccc(NC(=O)CCN2CCN(CC(=O)N3CCCC3)CC2)cn1. The summed E-state index contributed by atoms with van der Waals surface area (Å²) in [6.45, 7) is 6.62. The lowest BCUT2D eigenvalue weighted by Crippen LogP contribution is -2.50. The molecular formula is C19H29N5O3. The maximum absolute atomic E-state index is 12.2. The van der Waals surface area contributed by atoms with E-state index >= 15 is 0 Å². The van der Waals surface area contributed by atoms with E-state index in [1.807, 2.05) is 4.90 Å². The molecule has 8 nitrogen and oxygen atoms in total. The lowest BCUT2D eigenvalue weighted by molar-refractivity contribution is -0.131. The van der Waals surface area contributed by atoms with E-state index < -0.39 is 0 Å². The van der Waals surface area contributed by atoms with Gasteiger partial charge >= 0.3 is 0 Å². The molecule has 0 aliphatic carbocycles. The predicted octanol–water partition coefficient (Wildman–Crippen LogP) is 0.659. The fourth-order valence-electron chi connectivity index (χ4n) is 3.49. The van der Waals surface area contributed by atoms with Crippen molar-refractivity contribution in [3.8, 4) is 5.88 Å². The van der Waals surface area contributed by atoms with Gasteiger partial charge in [-0.25, -0.2) is 4.98 Å². The van der Waals surface area contributed by atoms with Gasteiger partial charge < -0.3 is 19.9 Å². The maximum atomic E-state index is 12.2. The number of rotatable bonds is 7. The highest BCUT2D eigenvalue weighted by Crippen LogP contribution is 2.12. The van der Waals surface area contributed by atoms with Gasteiger partial charge in [0.25, 0.3) is 0 Å². The summed E-state index contributed by atoms with van der Waals surface area (Å²) in [4.78, 5) is 34.9. The molecule has 2 aliphatic rings. The van der Waals surface area contributed by atoms with Crippen molar-refractivity contribution in [1.29, 1.82) is 0 Å². The molecule has 2 saturated heterocycles. The Hall–Kier alpha value is -2.19. The molecular weight excluding hydrogens is 346 g/mol. The van der Waals surface area contributed by atoms with Crippen LogP contribution in [0.5, 0.6) is 5.88 Å². The van der Waals surface area contributed by atoms with Crippen LogP contribution in [-0.4, -0.2) is 91.0 Å². The van der Waals surface area contributed by atoms with Crippen LogP contribution in [0.25, 0.3) is 0 Å². The van der Waals surface area contributed by atoms with Gasteiger partial charge in [-0.05, 0) is 18.9 Å². The van der Waals surface area contributed by atoms with Crippen LogP contribution in [0.4, 0.5) is 5.69 Å².